The van der Waals surface area contributed by atoms with Gasteiger partial charge in [-0.15, -0.1) is 0 Å². The minimum Gasteiger partial charge on any atom is -0.382 e. The van der Waals surface area contributed by atoms with Crippen molar-refractivity contribution >= 4 is 22.8 Å². The smallest absolute Gasteiger partial charge is 0.301 e. The minimum absolute atomic E-state index is 0.0452. The van der Waals surface area contributed by atoms with Gasteiger partial charge in [0.15, 0.2) is 0 Å². The zero-order chi connectivity index (χ0) is 25.0. The molecule has 1 atom stereocenters. The maximum atomic E-state index is 13.6. The number of pyridine rings is 2. The fourth-order valence-electron chi connectivity index (χ4n) is 5.38. The van der Waals surface area contributed by atoms with Crippen LogP contribution in [0, 0.1) is 10.1 Å². The molecule has 5 heterocycles. The van der Waals surface area contributed by atoms with Crippen LogP contribution in [-0.2, 0) is 28.2 Å². The first kappa shape index (κ1) is 22.8. The van der Waals surface area contributed by atoms with Gasteiger partial charge in [0.05, 0.1) is 73.8 Å². The highest BCUT2D eigenvalue weighted by molar-refractivity contribution is 6.03. The van der Waals surface area contributed by atoms with Crippen molar-refractivity contribution in [2.24, 2.45) is 5.10 Å². The van der Waals surface area contributed by atoms with E-state index < -0.39 is 16.1 Å². The van der Waals surface area contributed by atoms with Crippen molar-refractivity contribution in [2.45, 2.75) is 32.1 Å². The van der Waals surface area contributed by atoms with E-state index in [1.165, 1.54) is 4.57 Å². The third-order valence-electron chi connectivity index (χ3n) is 7.27. The highest BCUT2D eigenvalue weighted by Crippen LogP contribution is 2.46. The van der Waals surface area contributed by atoms with E-state index in [1.54, 1.807) is 13.1 Å². The third-order valence-corrected chi connectivity index (χ3v) is 7.27. The van der Waals surface area contributed by atoms with E-state index in [-0.39, 0.29) is 48.7 Å². The Bertz CT molecular complexity index is 1490. The quantitative estimate of drug-likeness (QED) is 0.261. The molecule has 0 amide bonds. The van der Waals surface area contributed by atoms with E-state index >= 15 is 0 Å². The zero-order valence-electron chi connectivity index (χ0n) is 19.8. The van der Waals surface area contributed by atoms with Gasteiger partial charge in [-0.2, -0.15) is 5.10 Å². The fraction of sp³-hybridized carbons (Fsp3) is 0.400. The molecule has 6 rings (SSSR count). The summed E-state index contributed by atoms with van der Waals surface area (Å²) in [5.41, 5.74) is 0.435. The SMILES string of the molecule is CC[C@@]1(O)COCc2c1c([N+](=O)[O-])c1n(c2=O)Cc2c-1nc1ccccc1c2/C=N/N1CCOCC1. The van der Waals surface area contributed by atoms with Crippen molar-refractivity contribution in [3.8, 4) is 11.4 Å². The molecule has 1 aromatic carbocycles. The Kier molecular flexibility index (Phi) is 5.36. The normalized spacial score (nSPS) is 21.0. The summed E-state index contributed by atoms with van der Waals surface area (Å²) in [4.78, 5) is 30.4. The van der Waals surface area contributed by atoms with Gasteiger partial charge in [0.25, 0.3) is 5.56 Å². The van der Waals surface area contributed by atoms with Gasteiger partial charge >= 0.3 is 5.69 Å². The van der Waals surface area contributed by atoms with E-state index in [1.807, 2.05) is 29.3 Å². The lowest BCUT2D eigenvalue weighted by Crippen LogP contribution is -2.41. The molecule has 2 aromatic heterocycles. The van der Waals surface area contributed by atoms with Crippen LogP contribution >= 0.6 is 0 Å². The molecule has 3 aliphatic rings. The number of nitrogens with zero attached hydrogens (tertiary/aromatic N) is 5. The Labute approximate surface area is 205 Å². The molecular weight excluding hydrogens is 466 g/mol. The van der Waals surface area contributed by atoms with Crippen molar-refractivity contribution in [2.75, 3.05) is 32.9 Å². The Morgan fingerprint density at radius 1 is 1.25 bits per heavy atom. The predicted octanol–water partition coefficient (Wildman–Crippen LogP) is 2.13. The first-order valence-corrected chi connectivity index (χ1v) is 12.0. The highest BCUT2D eigenvalue weighted by atomic mass is 16.6. The second-order valence-electron chi connectivity index (χ2n) is 9.26. The zero-order valence-corrected chi connectivity index (χ0v) is 19.8. The van der Waals surface area contributed by atoms with Crippen molar-refractivity contribution < 1.29 is 19.5 Å². The summed E-state index contributed by atoms with van der Waals surface area (Å²) in [6, 6.07) is 7.51. The van der Waals surface area contributed by atoms with Gasteiger partial charge in [-0.1, -0.05) is 25.1 Å². The van der Waals surface area contributed by atoms with Gasteiger partial charge in [0.1, 0.15) is 17.0 Å². The summed E-state index contributed by atoms with van der Waals surface area (Å²) >= 11 is 0. The number of para-hydroxylation sites is 1. The monoisotopic (exact) mass is 491 g/mol. The molecular formula is C25H25N5O6. The van der Waals surface area contributed by atoms with Crippen LogP contribution in [-0.4, -0.2) is 63.7 Å². The number of aliphatic hydroxyl groups is 1. The van der Waals surface area contributed by atoms with Crippen molar-refractivity contribution in [3.05, 3.63) is 67.0 Å². The fourth-order valence-corrected chi connectivity index (χ4v) is 5.38. The van der Waals surface area contributed by atoms with E-state index in [4.69, 9.17) is 14.5 Å². The van der Waals surface area contributed by atoms with Gasteiger partial charge in [-0.05, 0) is 12.5 Å². The number of morpholine rings is 1. The molecule has 0 radical (unpaired) electrons. The molecule has 0 unspecified atom stereocenters. The molecule has 0 bridgehead atoms. The molecule has 0 saturated carbocycles. The summed E-state index contributed by atoms with van der Waals surface area (Å²) in [7, 11) is 0. The molecule has 186 valence electrons. The Morgan fingerprint density at radius 2 is 2.03 bits per heavy atom. The number of aromatic nitrogens is 2. The minimum atomic E-state index is -1.63. The third kappa shape index (κ3) is 3.34. The highest BCUT2D eigenvalue weighted by Gasteiger charge is 2.46. The number of rotatable bonds is 4. The van der Waals surface area contributed by atoms with Gasteiger partial charge in [-0.3, -0.25) is 24.5 Å². The summed E-state index contributed by atoms with van der Waals surface area (Å²) < 4.78 is 12.3. The lowest BCUT2D eigenvalue weighted by atomic mass is 9.85. The van der Waals surface area contributed by atoms with Crippen molar-refractivity contribution in [3.63, 3.8) is 0 Å². The average Bonchev–Trinajstić information content (AvgIpc) is 3.27. The maximum absolute atomic E-state index is 13.6. The van der Waals surface area contributed by atoms with Crippen LogP contribution in [0.2, 0.25) is 0 Å². The van der Waals surface area contributed by atoms with Crippen LogP contribution in [0.25, 0.3) is 22.3 Å². The van der Waals surface area contributed by atoms with Crippen LogP contribution in [0.5, 0.6) is 0 Å². The Balaban J connectivity index is 1.64. The van der Waals surface area contributed by atoms with Gasteiger partial charge in [-0.25, -0.2) is 4.98 Å². The average molecular weight is 492 g/mol. The van der Waals surface area contributed by atoms with E-state index in [9.17, 15) is 20.0 Å². The molecule has 3 aliphatic heterocycles. The summed E-state index contributed by atoms with van der Waals surface area (Å²) in [5, 5.41) is 31.2. The largest absolute Gasteiger partial charge is 0.382 e. The molecule has 0 aliphatic carbocycles. The van der Waals surface area contributed by atoms with Crippen LogP contribution in [0.4, 0.5) is 5.69 Å². The molecule has 1 N–H and O–H groups in total. The summed E-state index contributed by atoms with van der Waals surface area (Å²) in [6.45, 7) is 4.13. The molecule has 3 aromatic rings. The summed E-state index contributed by atoms with van der Waals surface area (Å²) in [5.74, 6) is 0. The molecule has 1 fully saturated rings. The number of nitro groups is 1. The number of fused-ring (bicyclic) bond motifs is 5. The first-order valence-electron chi connectivity index (χ1n) is 12.0. The lowest BCUT2D eigenvalue weighted by Gasteiger charge is -2.33. The van der Waals surface area contributed by atoms with Crippen LogP contribution < -0.4 is 5.56 Å². The molecule has 11 nitrogen and oxygen atoms in total. The van der Waals surface area contributed by atoms with Gasteiger partial charge in [0, 0.05) is 16.5 Å². The topological polar surface area (TPSA) is 132 Å². The second-order valence-corrected chi connectivity index (χ2v) is 9.26. The number of hydrazone groups is 1. The number of hydrogen-bond acceptors (Lipinski definition) is 9. The Morgan fingerprint density at radius 3 is 2.78 bits per heavy atom. The Hall–Kier alpha value is -3.67. The number of benzene rings is 1. The van der Waals surface area contributed by atoms with Crippen LogP contribution in [0.15, 0.2) is 34.2 Å². The lowest BCUT2D eigenvalue weighted by molar-refractivity contribution is -0.386. The van der Waals surface area contributed by atoms with Crippen molar-refractivity contribution in [1.82, 2.24) is 14.6 Å². The molecule has 36 heavy (non-hydrogen) atoms. The van der Waals surface area contributed by atoms with Crippen LogP contribution in [0.1, 0.15) is 35.6 Å². The first-order chi connectivity index (χ1) is 17.4. The van der Waals surface area contributed by atoms with Gasteiger partial charge in [0.2, 0.25) is 0 Å². The van der Waals surface area contributed by atoms with Gasteiger partial charge < -0.3 is 14.6 Å². The summed E-state index contributed by atoms with van der Waals surface area (Å²) in [6.07, 6.45) is 1.92. The van der Waals surface area contributed by atoms with Crippen LogP contribution in [0.3, 0.4) is 0 Å². The second kappa shape index (κ2) is 8.47. The number of hydrogen-bond donors (Lipinski definition) is 1. The molecule has 11 heteroatoms. The molecule has 0 spiro atoms. The maximum Gasteiger partial charge on any atom is 0.301 e. The predicted molar refractivity (Wildman–Crippen MR) is 131 cm³/mol. The molecule has 1 saturated heterocycles. The van der Waals surface area contributed by atoms with Crippen molar-refractivity contribution in [1.29, 1.82) is 0 Å². The standard InChI is InChI=1S/C25H25N5O6/c1-2-25(32)14-36-13-18-20(25)22(30(33)34)23-21-17(12-29(23)24(18)31)16(11-26-28-7-9-35-10-8-28)15-5-3-4-6-19(15)27-21/h3-6,11,32H,2,7-10,12-14H2,1H3/b26-11+/t25-/m1/s1. The van der Waals surface area contributed by atoms with E-state index in [2.05, 4.69) is 5.10 Å². The number of ether oxygens (including phenoxy) is 2. The van der Waals surface area contributed by atoms with E-state index in [0.29, 0.717) is 43.1 Å². The van der Waals surface area contributed by atoms with E-state index in [0.717, 1.165) is 10.9 Å².